The molecule has 1 unspecified atom stereocenters. The lowest BCUT2D eigenvalue weighted by atomic mass is 9.76. The van der Waals surface area contributed by atoms with E-state index in [-0.39, 0.29) is 5.41 Å². The van der Waals surface area contributed by atoms with Gasteiger partial charge in [-0.25, -0.2) is 18.6 Å². The first-order valence-corrected chi connectivity index (χ1v) is 19.9. The minimum atomic E-state index is -4.94. The number of rotatable bonds is 5. The summed E-state index contributed by atoms with van der Waals surface area (Å²) >= 11 is 0. The number of anilines is 1. The second kappa shape index (κ2) is 14.8. The van der Waals surface area contributed by atoms with Gasteiger partial charge >= 0.3 is 0 Å². The average Bonchev–Trinajstić information content (AvgIpc) is 3.38. The monoisotopic (exact) mass is 772 g/mol. The molecule has 7 aromatic rings. The number of halogens is 1. The van der Waals surface area contributed by atoms with E-state index in [0.29, 0.717) is 0 Å². The fourth-order valence-electron chi connectivity index (χ4n) is 8.26. The molecular formula is C49H41ClN2O5. The molecule has 2 aliphatic heterocycles. The Morgan fingerprint density at radius 3 is 1.63 bits per heavy atom. The van der Waals surface area contributed by atoms with Crippen molar-refractivity contribution in [2.75, 3.05) is 11.9 Å². The fourth-order valence-corrected chi connectivity index (χ4v) is 8.26. The Morgan fingerprint density at radius 1 is 0.579 bits per heavy atom. The summed E-state index contributed by atoms with van der Waals surface area (Å²) in [4.78, 5) is 2.31. The maximum absolute atomic E-state index is 8.49. The van der Waals surface area contributed by atoms with Crippen molar-refractivity contribution < 1.29 is 38.2 Å². The van der Waals surface area contributed by atoms with E-state index in [1.54, 1.807) is 0 Å². The summed E-state index contributed by atoms with van der Waals surface area (Å²) in [5.41, 5.74) is 13.9. The molecule has 3 heterocycles. The lowest BCUT2D eigenvalue weighted by Gasteiger charge is -2.46. The smallest absolute Gasteiger partial charge is 0.219 e. The summed E-state index contributed by atoms with van der Waals surface area (Å²) in [6, 6.07) is 59.0. The third-order valence-corrected chi connectivity index (χ3v) is 11.1. The average molecular weight is 773 g/mol. The van der Waals surface area contributed by atoms with Gasteiger partial charge in [0.05, 0.1) is 5.41 Å². The van der Waals surface area contributed by atoms with Gasteiger partial charge in [0.2, 0.25) is 22.8 Å². The van der Waals surface area contributed by atoms with Gasteiger partial charge in [-0.15, -0.1) is 10.2 Å². The Labute approximate surface area is 335 Å². The summed E-state index contributed by atoms with van der Waals surface area (Å²) in [6.07, 6.45) is 4.56. The molecule has 0 bridgehead atoms. The van der Waals surface area contributed by atoms with Gasteiger partial charge in [0.25, 0.3) is 0 Å². The zero-order valence-corrected chi connectivity index (χ0v) is 32.8. The number of likely N-dealkylation sites (N-methyl/N-ethyl adjacent to an activating group) is 1. The minimum Gasteiger partial charge on any atom is -0.462 e. The zero-order chi connectivity index (χ0) is 40.0. The van der Waals surface area contributed by atoms with E-state index in [1.807, 2.05) is 0 Å². The van der Waals surface area contributed by atoms with Crippen LogP contribution in [0.1, 0.15) is 30.5 Å². The quantitative estimate of drug-likeness (QED) is 0.180. The van der Waals surface area contributed by atoms with Crippen LogP contribution < -0.4 is 32.8 Å². The molecule has 284 valence electrons. The normalized spacial score (nSPS) is 16.3. The van der Waals surface area contributed by atoms with Gasteiger partial charge in [-0.3, -0.25) is 0 Å². The number of ether oxygens (including phenoxy) is 1. The highest BCUT2D eigenvalue weighted by molar-refractivity contribution is 5.82. The van der Waals surface area contributed by atoms with E-state index in [0.717, 1.165) is 50.6 Å². The second-order valence-corrected chi connectivity index (χ2v) is 15.7. The van der Waals surface area contributed by atoms with E-state index >= 15 is 0 Å². The number of para-hydroxylation sites is 1. The fraction of sp³-hybridized carbons (Fsp3) is 0.122. The summed E-state index contributed by atoms with van der Waals surface area (Å²) in [7, 11) is -2.79. The number of nitrogens with zero attached hydrogens (tertiary/aromatic N) is 2. The Kier molecular flexibility index (Phi) is 9.82. The Balaban J connectivity index is 0.000000859. The highest BCUT2D eigenvalue weighted by atomic mass is 35.7. The van der Waals surface area contributed by atoms with Gasteiger partial charge in [-0.1, -0.05) is 115 Å². The molecule has 57 heavy (non-hydrogen) atoms. The van der Waals surface area contributed by atoms with Crippen molar-refractivity contribution in [3.8, 4) is 56.2 Å². The molecule has 0 N–H and O–H groups in total. The van der Waals surface area contributed by atoms with Crippen LogP contribution >= 0.6 is 0 Å². The van der Waals surface area contributed by atoms with Gasteiger partial charge in [-0.2, -0.15) is 4.57 Å². The Morgan fingerprint density at radius 2 is 1.09 bits per heavy atom. The maximum atomic E-state index is 8.49. The van der Waals surface area contributed by atoms with Crippen molar-refractivity contribution in [2.45, 2.75) is 31.9 Å². The van der Waals surface area contributed by atoms with Crippen LogP contribution in [0.5, 0.6) is 5.75 Å². The molecule has 0 fully saturated rings. The lowest BCUT2D eigenvalue weighted by Crippen LogP contribution is -2.68. The van der Waals surface area contributed by atoms with Crippen molar-refractivity contribution in [3.05, 3.63) is 187 Å². The standard InChI is InChI=1S/C49H41N2O.ClHO4/c1-34-24-26-35(27-25-34)40-31-45(37-18-10-6-11-19-37)51(46(32-40)38-20-12-7-13-21-38)41-30-39-28-29-49(48(2,3)43-22-14-15-23-44(43)50(49)4)52-47(39)42(33-41)36-16-8-5-9-17-36;2-1(3,4)5/h5-33H,1-4H3;(H,2,3,4,5)/q+1;/p-1. The first kappa shape index (κ1) is 37.8. The lowest BCUT2D eigenvalue weighted by molar-refractivity contribution is -2.00. The number of benzene rings is 6. The molecular weight excluding hydrogens is 732 g/mol. The largest absolute Gasteiger partial charge is 0.462 e. The first-order chi connectivity index (χ1) is 27.3. The Bertz CT molecular complexity index is 2520. The van der Waals surface area contributed by atoms with Crippen molar-refractivity contribution >= 4 is 11.8 Å². The minimum absolute atomic E-state index is 0.305. The van der Waals surface area contributed by atoms with Gasteiger partial charge in [-0.05, 0) is 85.5 Å². The number of aromatic nitrogens is 1. The molecule has 8 heteroatoms. The topological polar surface area (TPSA) is 109 Å². The number of pyridine rings is 1. The van der Waals surface area contributed by atoms with Crippen LogP contribution in [0.15, 0.2) is 170 Å². The number of fused-ring (bicyclic) bond motifs is 2. The highest BCUT2D eigenvalue weighted by Crippen LogP contribution is 2.55. The van der Waals surface area contributed by atoms with Crippen LogP contribution in [0.4, 0.5) is 5.69 Å². The van der Waals surface area contributed by atoms with Crippen LogP contribution in [-0.4, -0.2) is 12.8 Å². The van der Waals surface area contributed by atoms with Gasteiger partial charge in [0.15, 0.2) is 0 Å². The van der Waals surface area contributed by atoms with Crippen LogP contribution in [0, 0.1) is 17.2 Å². The molecule has 1 aromatic heterocycles. The van der Waals surface area contributed by atoms with Crippen LogP contribution in [0.2, 0.25) is 0 Å². The van der Waals surface area contributed by atoms with E-state index in [1.165, 1.54) is 27.9 Å². The first-order valence-electron chi connectivity index (χ1n) is 18.7. The predicted octanol–water partition coefficient (Wildman–Crippen LogP) is 6.71. The van der Waals surface area contributed by atoms with Crippen molar-refractivity contribution in [1.29, 1.82) is 0 Å². The van der Waals surface area contributed by atoms with Gasteiger partial charge < -0.3 is 9.64 Å². The Hall–Kier alpha value is -6.06. The molecule has 0 radical (unpaired) electrons. The maximum Gasteiger partial charge on any atom is 0.219 e. The molecule has 6 aromatic carbocycles. The highest BCUT2D eigenvalue weighted by Gasteiger charge is 2.57. The third-order valence-electron chi connectivity index (χ3n) is 11.1. The predicted molar refractivity (Wildman–Crippen MR) is 215 cm³/mol. The summed E-state index contributed by atoms with van der Waals surface area (Å²) in [6.45, 7) is 6.73. The summed E-state index contributed by atoms with van der Waals surface area (Å²) in [5.74, 6) is 0.893. The number of hydrogen-bond acceptors (Lipinski definition) is 6. The summed E-state index contributed by atoms with van der Waals surface area (Å²) < 4.78 is 43.8. The van der Waals surface area contributed by atoms with E-state index in [4.69, 9.17) is 23.4 Å². The molecule has 1 atom stereocenters. The van der Waals surface area contributed by atoms with Crippen molar-refractivity contribution in [1.82, 2.24) is 0 Å². The van der Waals surface area contributed by atoms with Crippen molar-refractivity contribution in [2.24, 2.45) is 0 Å². The van der Waals surface area contributed by atoms with Crippen LogP contribution in [0.25, 0.3) is 56.5 Å². The molecule has 0 aliphatic carbocycles. The molecule has 7 nitrogen and oxygen atoms in total. The van der Waals surface area contributed by atoms with Crippen LogP contribution in [-0.2, 0) is 5.41 Å². The molecule has 0 saturated carbocycles. The number of hydrogen-bond donors (Lipinski definition) is 0. The van der Waals surface area contributed by atoms with E-state index < -0.39 is 16.0 Å². The SMILES string of the molecule is Cc1ccc(-c2cc(-c3ccccc3)[n+](-c3cc4c(c(-c5ccccc5)c3)OC3(C=C4)N(C)c4ccccc4C3(C)C)c(-c3ccccc3)c2)cc1.[O-][Cl+3]([O-])([O-])[O-]. The van der Waals surface area contributed by atoms with E-state index in [2.05, 4.69) is 213 Å². The zero-order valence-electron chi connectivity index (χ0n) is 32.1. The molecule has 9 rings (SSSR count). The third kappa shape index (κ3) is 7.12. The van der Waals surface area contributed by atoms with E-state index in [9.17, 15) is 0 Å². The second-order valence-electron chi connectivity index (χ2n) is 14.9. The number of aryl methyl sites for hydroxylation is 1. The van der Waals surface area contributed by atoms with Crippen molar-refractivity contribution in [3.63, 3.8) is 0 Å². The molecule has 2 aliphatic rings. The summed E-state index contributed by atoms with van der Waals surface area (Å²) in [5, 5.41) is 0. The molecule has 1 spiro atoms. The van der Waals surface area contributed by atoms with Crippen LogP contribution in [0.3, 0.4) is 0 Å². The van der Waals surface area contributed by atoms with Gasteiger partial charge in [0, 0.05) is 59.3 Å². The molecule has 0 amide bonds. The van der Waals surface area contributed by atoms with Gasteiger partial charge in [0.1, 0.15) is 5.75 Å². The molecule has 0 saturated heterocycles.